The third-order valence-electron chi connectivity index (χ3n) is 6.07. The zero-order valence-corrected chi connectivity index (χ0v) is 22.5. The number of nitrogens with zero attached hydrogens (tertiary/aromatic N) is 2. The van der Waals surface area contributed by atoms with E-state index in [1.54, 1.807) is 63.4 Å². The number of anilines is 1. The smallest absolute Gasteiger partial charge is 0.350 e. The van der Waals surface area contributed by atoms with Gasteiger partial charge in [0.05, 0.1) is 37.6 Å². The lowest BCUT2D eigenvalue weighted by molar-refractivity contribution is -0.132. The first-order valence-electron chi connectivity index (χ1n) is 12.0. The van der Waals surface area contributed by atoms with E-state index in [-0.39, 0.29) is 27.9 Å². The van der Waals surface area contributed by atoms with Gasteiger partial charge < -0.3 is 19.3 Å². The summed E-state index contributed by atoms with van der Waals surface area (Å²) in [5.41, 5.74) is 1.96. The predicted octanol–water partition coefficient (Wildman–Crippen LogP) is 4.97. The maximum absolute atomic E-state index is 13.4. The number of ketones is 1. The molecule has 1 aliphatic rings. The molecule has 0 spiro atoms. The van der Waals surface area contributed by atoms with Crippen molar-refractivity contribution in [1.29, 1.82) is 0 Å². The molecule has 1 amide bonds. The lowest BCUT2D eigenvalue weighted by atomic mass is 9.95. The minimum absolute atomic E-state index is 0.0886. The van der Waals surface area contributed by atoms with Gasteiger partial charge in [-0.3, -0.25) is 14.5 Å². The van der Waals surface area contributed by atoms with Crippen LogP contribution in [0, 0.1) is 13.8 Å². The number of rotatable bonds is 8. The van der Waals surface area contributed by atoms with Crippen LogP contribution in [0.25, 0.3) is 5.76 Å². The Balaban J connectivity index is 1.90. The molecule has 3 aromatic rings. The minimum Gasteiger partial charge on any atom is -0.507 e. The number of methoxy groups -OCH3 is 1. The summed E-state index contributed by atoms with van der Waals surface area (Å²) < 4.78 is 16.0. The minimum atomic E-state index is -0.992. The molecule has 9 nitrogen and oxygen atoms in total. The SMILES string of the molecule is CCOC(=O)c1sc(N2C(=O)C(=O)C(=C(O)c3ccc(OC)c(C)c3)[C@@H]2c2ccc(OCC)cc2)nc1C. The molecular weight excluding hydrogens is 508 g/mol. The number of benzene rings is 2. The van der Waals surface area contributed by atoms with E-state index in [1.165, 1.54) is 4.90 Å². The first-order valence-corrected chi connectivity index (χ1v) is 12.9. The topological polar surface area (TPSA) is 115 Å². The Morgan fingerprint density at radius 2 is 1.79 bits per heavy atom. The molecule has 0 radical (unpaired) electrons. The maximum atomic E-state index is 13.4. The van der Waals surface area contributed by atoms with Crippen LogP contribution in [0.4, 0.5) is 5.13 Å². The monoisotopic (exact) mass is 536 g/mol. The average Bonchev–Trinajstić information content (AvgIpc) is 3.41. The fourth-order valence-corrected chi connectivity index (χ4v) is 5.30. The number of aromatic nitrogens is 1. The number of esters is 1. The number of aryl methyl sites for hydroxylation is 2. The van der Waals surface area contributed by atoms with Gasteiger partial charge in [0.2, 0.25) is 0 Å². The van der Waals surface area contributed by atoms with Crippen LogP contribution >= 0.6 is 11.3 Å². The van der Waals surface area contributed by atoms with Crippen LogP contribution in [0.3, 0.4) is 0 Å². The largest absolute Gasteiger partial charge is 0.507 e. The van der Waals surface area contributed by atoms with Crippen LogP contribution in [-0.2, 0) is 14.3 Å². The van der Waals surface area contributed by atoms with Gasteiger partial charge in [-0.1, -0.05) is 23.5 Å². The molecule has 10 heteroatoms. The Kier molecular flexibility index (Phi) is 7.82. The molecule has 2 aromatic carbocycles. The van der Waals surface area contributed by atoms with Gasteiger partial charge in [0.25, 0.3) is 5.78 Å². The van der Waals surface area contributed by atoms with E-state index in [0.717, 1.165) is 16.9 Å². The highest BCUT2D eigenvalue weighted by atomic mass is 32.1. The van der Waals surface area contributed by atoms with Crippen LogP contribution < -0.4 is 14.4 Å². The van der Waals surface area contributed by atoms with E-state index in [9.17, 15) is 19.5 Å². The summed E-state index contributed by atoms with van der Waals surface area (Å²) in [6, 6.07) is 10.9. The van der Waals surface area contributed by atoms with E-state index in [4.69, 9.17) is 14.2 Å². The highest BCUT2D eigenvalue weighted by Gasteiger charge is 2.48. The Bertz CT molecular complexity index is 1430. The van der Waals surface area contributed by atoms with E-state index in [2.05, 4.69) is 4.98 Å². The van der Waals surface area contributed by atoms with Crippen molar-refractivity contribution in [2.24, 2.45) is 0 Å². The first-order chi connectivity index (χ1) is 18.2. The molecule has 38 heavy (non-hydrogen) atoms. The van der Waals surface area contributed by atoms with Crippen molar-refractivity contribution in [2.45, 2.75) is 33.7 Å². The van der Waals surface area contributed by atoms with Gasteiger partial charge in [-0.05, 0) is 69.2 Å². The molecule has 0 bridgehead atoms. The highest BCUT2D eigenvalue weighted by molar-refractivity contribution is 7.17. The molecule has 1 fully saturated rings. The number of hydrogen-bond acceptors (Lipinski definition) is 9. The second kappa shape index (κ2) is 11.1. The summed E-state index contributed by atoms with van der Waals surface area (Å²) in [4.78, 5) is 45.2. The Hall–Kier alpha value is -4.18. The molecule has 0 unspecified atom stereocenters. The Morgan fingerprint density at radius 1 is 1.08 bits per heavy atom. The van der Waals surface area contributed by atoms with Crippen LogP contribution in [0.5, 0.6) is 11.5 Å². The molecular formula is C28H28N2O7S. The number of ether oxygens (including phenoxy) is 3. The maximum Gasteiger partial charge on any atom is 0.350 e. The number of carbonyl (C=O) groups excluding carboxylic acids is 3. The molecule has 198 valence electrons. The fraction of sp³-hybridized carbons (Fsp3) is 0.286. The molecule has 0 saturated carbocycles. The third kappa shape index (κ3) is 4.87. The fourth-order valence-electron chi connectivity index (χ4n) is 4.31. The lowest BCUT2D eigenvalue weighted by Crippen LogP contribution is -2.29. The number of amides is 1. The van der Waals surface area contributed by atoms with E-state index < -0.39 is 23.7 Å². The highest BCUT2D eigenvalue weighted by Crippen LogP contribution is 2.44. The number of carbonyl (C=O) groups is 3. The van der Waals surface area contributed by atoms with Crippen molar-refractivity contribution >= 4 is 39.9 Å². The van der Waals surface area contributed by atoms with Crippen molar-refractivity contribution in [3.63, 3.8) is 0 Å². The van der Waals surface area contributed by atoms with Gasteiger partial charge in [0.1, 0.15) is 22.1 Å². The molecule has 1 aromatic heterocycles. The van der Waals surface area contributed by atoms with Crippen molar-refractivity contribution in [3.8, 4) is 11.5 Å². The normalized spacial score (nSPS) is 16.6. The number of Topliss-reactive ketones (excluding diaryl/α,β-unsaturated/α-hetero) is 1. The second-order valence-electron chi connectivity index (χ2n) is 8.49. The van der Waals surface area contributed by atoms with E-state index in [0.29, 0.717) is 34.9 Å². The molecule has 1 atom stereocenters. The quantitative estimate of drug-likeness (QED) is 0.186. The van der Waals surface area contributed by atoms with Crippen LogP contribution in [0.15, 0.2) is 48.0 Å². The van der Waals surface area contributed by atoms with Gasteiger partial charge in [-0.25, -0.2) is 9.78 Å². The van der Waals surface area contributed by atoms with Crippen LogP contribution in [-0.4, -0.2) is 48.1 Å². The van der Waals surface area contributed by atoms with Gasteiger partial charge in [0.15, 0.2) is 5.13 Å². The number of thiazole rings is 1. The Labute approximate surface area is 224 Å². The van der Waals surface area contributed by atoms with Gasteiger partial charge >= 0.3 is 11.9 Å². The average molecular weight is 537 g/mol. The molecule has 4 rings (SSSR count). The van der Waals surface area contributed by atoms with Gasteiger partial charge in [0, 0.05) is 5.56 Å². The molecule has 0 aliphatic carbocycles. The van der Waals surface area contributed by atoms with Gasteiger partial charge in [-0.2, -0.15) is 0 Å². The van der Waals surface area contributed by atoms with Gasteiger partial charge in [-0.15, -0.1) is 0 Å². The molecule has 1 saturated heterocycles. The van der Waals surface area contributed by atoms with Crippen LogP contribution in [0.1, 0.15) is 51.9 Å². The number of aliphatic hydroxyl groups is 1. The first kappa shape index (κ1) is 26.9. The molecule has 1 aliphatic heterocycles. The zero-order chi connectivity index (χ0) is 27.6. The van der Waals surface area contributed by atoms with Crippen molar-refractivity contribution < 1.29 is 33.7 Å². The summed E-state index contributed by atoms with van der Waals surface area (Å²) in [7, 11) is 1.54. The summed E-state index contributed by atoms with van der Waals surface area (Å²) >= 11 is 0.959. The number of hydrogen-bond donors (Lipinski definition) is 1. The predicted molar refractivity (Wildman–Crippen MR) is 143 cm³/mol. The van der Waals surface area contributed by atoms with E-state index in [1.807, 2.05) is 13.8 Å². The van der Waals surface area contributed by atoms with Crippen LogP contribution in [0.2, 0.25) is 0 Å². The molecule has 2 heterocycles. The Morgan fingerprint density at radius 3 is 2.39 bits per heavy atom. The van der Waals surface area contributed by atoms with Crippen molar-refractivity contribution in [1.82, 2.24) is 4.98 Å². The zero-order valence-electron chi connectivity index (χ0n) is 21.7. The summed E-state index contributed by atoms with van der Waals surface area (Å²) in [6.07, 6.45) is 0. The van der Waals surface area contributed by atoms with Crippen molar-refractivity contribution in [3.05, 3.63) is 75.3 Å². The van der Waals surface area contributed by atoms with E-state index >= 15 is 0 Å². The lowest BCUT2D eigenvalue weighted by Gasteiger charge is -2.23. The summed E-state index contributed by atoms with van der Waals surface area (Å²) in [5, 5.41) is 11.5. The third-order valence-corrected chi connectivity index (χ3v) is 7.21. The molecule has 1 N–H and O–H groups in total. The second-order valence-corrected chi connectivity index (χ2v) is 9.46. The standard InChI is InChI=1S/C28H28N2O7S/c1-6-36-19-11-8-17(9-12-19)22-21(23(31)18-10-13-20(35-5)15(3)14-18)24(32)26(33)30(22)28-29-16(4)25(38-28)27(34)37-7-2/h8-14,22,31H,6-7H2,1-5H3/t22-/m0/s1. The van der Waals surface area contributed by atoms with Crippen molar-refractivity contribution in [2.75, 3.05) is 25.2 Å². The number of aliphatic hydroxyl groups excluding tert-OH is 1. The summed E-state index contributed by atoms with van der Waals surface area (Å²) in [6.45, 7) is 7.67. The summed E-state index contributed by atoms with van der Waals surface area (Å²) in [5.74, 6) is -1.37.